The van der Waals surface area contributed by atoms with Crippen LogP contribution in [0.15, 0.2) is 0 Å². The number of carbonyl (C=O) groups is 2. The minimum atomic E-state index is -0.735. The minimum absolute atomic E-state index is 0.174. The van der Waals surface area contributed by atoms with Gasteiger partial charge in [0, 0.05) is 19.5 Å². The van der Waals surface area contributed by atoms with Crippen molar-refractivity contribution in [2.75, 3.05) is 18.8 Å². The van der Waals surface area contributed by atoms with Crippen molar-refractivity contribution in [3.63, 3.8) is 0 Å². The highest BCUT2D eigenvalue weighted by Gasteiger charge is 2.32. The van der Waals surface area contributed by atoms with E-state index in [1.54, 1.807) is 11.8 Å². The van der Waals surface area contributed by atoms with Crippen LogP contribution in [0.4, 0.5) is 0 Å². The summed E-state index contributed by atoms with van der Waals surface area (Å²) in [6, 6.07) is 0. The van der Waals surface area contributed by atoms with Gasteiger partial charge < -0.3 is 10.0 Å². The summed E-state index contributed by atoms with van der Waals surface area (Å²) in [5.41, 5.74) is 0. The molecule has 2 aliphatic rings. The van der Waals surface area contributed by atoms with Gasteiger partial charge in [-0.2, -0.15) is 0 Å². The van der Waals surface area contributed by atoms with Gasteiger partial charge in [0.05, 0.1) is 5.25 Å². The Bertz CT molecular complexity index is 302. The molecule has 1 amide bonds. The van der Waals surface area contributed by atoms with Crippen LogP contribution in [0.25, 0.3) is 0 Å². The van der Waals surface area contributed by atoms with E-state index in [-0.39, 0.29) is 17.6 Å². The van der Waals surface area contributed by atoms with Crippen molar-refractivity contribution in [1.29, 1.82) is 0 Å². The monoisotopic (exact) mass is 257 g/mol. The molecule has 0 saturated carbocycles. The van der Waals surface area contributed by atoms with Crippen molar-refractivity contribution in [2.45, 2.75) is 37.4 Å². The van der Waals surface area contributed by atoms with Crippen LogP contribution in [0.3, 0.4) is 0 Å². The number of carboxylic acid groups (broad SMARTS) is 1. The zero-order valence-corrected chi connectivity index (χ0v) is 10.7. The van der Waals surface area contributed by atoms with E-state index in [1.165, 1.54) is 0 Å². The van der Waals surface area contributed by atoms with Crippen LogP contribution in [0.5, 0.6) is 0 Å². The summed E-state index contributed by atoms with van der Waals surface area (Å²) in [7, 11) is 0. The minimum Gasteiger partial charge on any atom is -0.481 e. The van der Waals surface area contributed by atoms with Gasteiger partial charge in [-0.3, -0.25) is 9.59 Å². The predicted octanol–water partition coefficient (Wildman–Crippen LogP) is 1.60. The fraction of sp³-hybridized carbons (Fsp3) is 0.833. The van der Waals surface area contributed by atoms with E-state index in [1.807, 2.05) is 4.90 Å². The second-order valence-corrected chi connectivity index (χ2v) is 6.18. The number of nitrogens with zero attached hydrogens (tertiary/aromatic N) is 1. The Hall–Kier alpha value is -0.710. The van der Waals surface area contributed by atoms with E-state index in [0.717, 1.165) is 38.1 Å². The number of rotatable bonds is 4. The summed E-state index contributed by atoms with van der Waals surface area (Å²) < 4.78 is 0. The van der Waals surface area contributed by atoms with E-state index < -0.39 is 5.97 Å². The summed E-state index contributed by atoms with van der Waals surface area (Å²) in [5, 5.41) is 8.81. The Morgan fingerprint density at radius 1 is 1.35 bits per heavy atom. The van der Waals surface area contributed by atoms with Crippen LogP contribution in [0.1, 0.15) is 32.1 Å². The highest BCUT2D eigenvalue weighted by molar-refractivity contribution is 8.00. The summed E-state index contributed by atoms with van der Waals surface area (Å²) in [6.45, 7) is 1.59. The topological polar surface area (TPSA) is 57.6 Å². The highest BCUT2D eigenvalue weighted by Crippen LogP contribution is 2.30. The molecule has 2 fully saturated rings. The van der Waals surface area contributed by atoms with E-state index in [2.05, 4.69) is 0 Å². The molecule has 0 aromatic carbocycles. The number of carbonyl (C=O) groups excluding carboxylic acids is 1. The lowest BCUT2D eigenvalue weighted by Crippen LogP contribution is -2.35. The maximum absolute atomic E-state index is 12.1. The molecule has 5 heteroatoms. The first kappa shape index (κ1) is 12.7. The zero-order valence-electron chi connectivity index (χ0n) is 9.93. The highest BCUT2D eigenvalue weighted by atomic mass is 32.2. The third-order valence-corrected chi connectivity index (χ3v) is 4.93. The lowest BCUT2D eigenvalue weighted by molar-refractivity contribution is -0.137. The molecule has 0 bridgehead atoms. The van der Waals surface area contributed by atoms with Gasteiger partial charge in [0.15, 0.2) is 0 Å². The molecule has 0 radical (unpaired) electrons. The van der Waals surface area contributed by atoms with E-state index in [0.29, 0.717) is 12.3 Å². The van der Waals surface area contributed by atoms with Crippen LogP contribution >= 0.6 is 11.8 Å². The van der Waals surface area contributed by atoms with Gasteiger partial charge in [-0.05, 0) is 37.4 Å². The average Bonchev–Trinajstić information content (AvgIpc) is 2.97. The van der Waals surface area contributed by atoms with Crippen molar-refractivity contribution in [1.82, 2.24) is 4.90 Å². The number of carboxylic acids is 1. The molecule has 0 aliphatic carbocycles. The molecule has 2 atom stereocenters. The molecule has 2 rings (SSSR count). The molecule has 17 heavy (non-hydrogen) atoms. The maximum Gasteiger partial charge on any atom is 0.303 e. The van der Waals surface area contributed by atoms with Crippen LogP contribution in [-0.4, -0.2) is 46.0 Å². The number of thioether (sulfide) groups is 1. The molecule has 1 N–H and O–H groups in total. The van der Waals surface area contributed by atoms with Crippen LogP contribution in [0, 0.1) is 5.92 Å². The van der Waals surface area contributed by atoms with Crippen molar-refractivity contribution in [2.24, 2.45) is 5.92 Å². The molecular weight excluding hydrogens is 238 g/mol. The fourth-order valence-corrected chi connectivity index (χ4v) is 3.81. The van der Waals surface area contributed by atoms with E-state index in [9.17, 15) is 9.59 Å². The zero-order chi connectivity index (χ0) is 12.3. The summed E-state index contributed by atoms with van der Waals surface area (Å²) in [5.74, 6) is 1.04. The average molecular weight is 257 g/mol. The SMILES string of the molecule is O=C(O)CCC1CCN(C(=O)C2CCCS2)C1. The van der Waals surface area contributed by atoms with E-state index >= 15 is 0 Å². The Morgan fingerprint density at radius 2 is 2.18 bits per heavy atom. The van der Waals surface area contributed by atoms with Gasteiger partial charge in [-0.15, -0.1) is 11.8 Å². The molecule has 2 aliphatic heterocycles. The molecule has 96 valence electrons. The third-order valence-electron chi connectivity index (χ3n) is 3.57. The largest absolute Gasteiger partial charge is 0.481 e. The lowest BCUT2D eigenvalue weighted by Gasteiger charge is -2.19. The summed E-state index contributed by atoms with van der Waals surface area (Å²) >= 11 is 1.77. The molecule has 0 aromatic heterocycles. The van der Waals surface area contributed by atoms with Crippen molar-refractivity contribution in [3.8, 4) is 0 Å². The standard InChI is InChI=1S/C12H19NO3S/c14-11(15)4-3-9-5-6-13(8-9)12(16)10-2-1-7-17-10/h9-10H,1-8H2,(H,14,15). The Kier molecular flexibility index (Phi) is 4.31. The first-order valence-corrected chi connectivity index (χ1v) is 7.34. The second kappa shape index (κ2) is 5.76. The van der Waals surface area contributed by atoms with E-state index in [4.69, 9.17) is 5.11 Å². The second-order valence-electron chi connectivity index (χ2n) is 4.87. The first-order chi connectivity index (χ1) is 8.16. The Balaban J connectivity index is 1.76. The van der Waals surface area contributed by atoms with Crippen molar-refractivity contribution >= 4 is 23.6 Å². The summed E-state index contributed by atoms with van der Waals surface area (Å²) in [6.07, 6.45) is 4.06. The fourth-order valence-electron chi connectivity index (χ4n) is 2.57. The van der Waals surface area contributed by atoms with Crippen molar-refractivity contribution in [3.05, 3.63) is 0 Å². The molecular formula is C12H19NO3S. The van der Waals surface area contributed by atoms with Gasteiger partial charge in [-0.25, -0.2) is 0 Å². The van der Waals surface area contributed by atoms with Gasteiger partial charge in [0.2, 0.25) is 5.91 Å². The van der Waals surface area contributed by atoms with Gasteiger partial charge in [-0.1, -0.05) is 0 Å². The van der Waals surface area contributed by atoms with Crippen LogP contribution in [0.2, 0.25) is 0 Å². The third kappa shape index (κ3) is 3.37. The normalized spacial score (nSPS) is 28.6. The van der Waals surface area contributed by atoms with Gasteiger partial charge in [0.25, 0.3) is 0 Å². The number of aliphatic carboxylic acids is 1. The molecule has 2 saturated heterocycles. The Labute approximate surface area is 106 Å². The van der Waals surface area contributed by atoms with Gasteiger partial charge >= 0.3 is 5.97 Å². The molecule has 2 heterocycles. The number of hydrogen-bond donors (Lipinski definition) is 1. The summed E-state index contributed by atoms with van der Waals surface area (Å²) in [4.78, 5) is 24.6. The number of amides is 1. The number of likely N-dealkylation sites (tertiary alicyclic amines) is 1. The first-order valence-electron chi connectivity index (χ1n) is 6.29. The lowest BCUT2D eigenvalue weighted by atomic mass is 10.0. The smallest absolute Gasteiger partial charge is 0.303 e. The predicted molar refractivity (Wildman–Crippen MR) is 67.0 cm³/mol. The molecule has 2 unspecified atom stereocenters. The quantitative estimate of drug-likeness (QED) is 0.831. The maximum atomic E-state index is 12.1. The molecule has 0 spiro atoms. The van der Waals surface area contributed by atoms with Crippen LogP contribution in [-0.2, 0) is 9.59 Å². The van der Waals surface area contributed by atoms with Crippen molar-refractivity contribution < 1.29 is 14.7 Å². The van der Waals surface area contributed by atoms with Gasteiger partial charge in [0.1, 0.15) is 0 Å². The van der Waals surface area contributed by atoms with Crippen LogP contribution < -0.4 is 0 Å². The molecule has 4 nitrogen and oxygen atoms in total. The molecule has 0 aromatic rings. The number of hydrogen-bond acceptors (Lipinski definition) is 3. The Morgan fingerprint density at radius 3 is 2.82 bits per heavy atom.